The second-order valence-electron chi connectivity index (χ2n) is 7.03. The van der Waals surface area contributed by atoms with Crippen molar-refractivity contribution in [2.75, 3.05) is 11.1 Å². The summed E-state index contributed by atoms with van der Waals surface area (Å²) >= 11 is -2.09. The number of ether oxygens (including phenoxy) is 1. The van der Waals surface area contributed by atoms with E-state index in [0.717, 1.165) is 28.1 Å². The number of nitrogens with one attached hydrogen (secondary N) is 1. The van der Waals surface area contributed by atoms with Gasteiger partial charge < -0.3 is 14.6 Å². The van der Waals surface area contributed by atoms with Crippen LogP contribution < -0.4 is 10.1 Å². The number of benzene rings is 2. The van der Waals surface area contributed by atoms with Crippen molar-refractivity contribution in [1.29, 1.82) is 0 Å². The van der Waals surface area contributed by atoms with Crippen molar-refractivity contribution in [3.05, 3.63) is 109 Å². The van der Waals surface area contributed by atoms with Crippen LogP contribution in [0.2, 0.25) is 0 Å². The topological polar surface area (TPSA) is 87.2 Å². The Kier molecular flexibility index (Phi) is 8.48. The lowest BCUT2D eigenvalue weighted by Crippen LogP contribution is -2.00. The summed E-state index contributed by atoms with van der Waals surface area (Å²) in [4.78, 5) is 8.65. The van der Waals surface area contributed by atoms with E-state index in [0.29, 0.717) is 18.1 Å². The second-order valence-corrected chi connectivity index (χ2v) is 7.93. The summed E-state index contributed by atoms with van der Waals surface area (Å²) in [7, 11) is 0. The molecule has 3 aromatic rings. The summed E-state index contributed by atoms with van der Waals surface area (Å²) in [5.74, 6) is 1.32. The van der Waals surface area contributed by atoms with E-state index in [2.05, 4.69) is 21.9 Å². The van der Waals surface area contributed by atoms with Crippen molar-refractivity contribution in [2.24, 2.45) is 0 Å². The molecule has 6 nitrogen and oxygen atoms in total. The molecule has 0 radical (unpaired) electrons. The summed E-state index contributed by atoms with van der Waals surface area (Å²) in [6.07, 6.45) is 6.70. The minimum atomic E-state index is -2.09. The Bertz CT molecular complexity index is 1140. The molecule has 1 aromatic heterocycles. The van der Waals surface area contributed by atoms with Gasteiger partial charge in [-0.25, -0.2) is 9.97 Å². The molecule has 0 amide bonds. The number of hydrogen-bond donors (Lipinski definition) is 1. The Morgan fingerprint density at radius 1 is 1.16 bits per heavy atom. The third-order valence-corrected chi connectivity index (χ3v) is 5.07. The molecule has 7 heteroatoms. The zero-order valence-corrected chi connectivity index (χ0v) is 18.5. The van der Waals surface area contributed by atoms with Crippen LogP contribution in [0.1, 0.15) is 12.5 Å². The highest BCUT2D eigenvalue weighted by molar-refractivity contribution is 7.79. The van der Waals surface area contributed by atoms with Crippen molar-refractivity contribution in [2.45, 2.75) is 13.5 Å². The van der Waals surface area contributed by atoms with Gasteiger partial charge in [-0.15, -0.1) is 0 Å². The molecule has 2 aromatic carbocycles. The van der Waals surface area contributed by atoms with Gasteiger partial charge in [-0.3, -0.25) is 4.21 Å². The highest BCUT2D eigenvalue weighted by Gasteiger charge is 2.09. The van der Waals surface area contributed by atoms with Crippen LogP contribution in [0, 0.1) is 0 Å². The van der Waals surface area contributed by atoms with Gasteiger partial charge in [0.15, 0.2) is 0 Å². The molecule has 1 atom stereocenters. The number of aromatic nitrogens is 2. The van der Waals surface area contributed by atoms with Gasteiger partial charge in [0.1, 0.15) is 24.5 Å². The Balaban J connectivity index is 1.70. The number of rotatable bonds is 10. The Hall–Kier alpha value is -3.55. The first-order chi connectivity index (χ1) is 15.5. The predicted octanol–water partition coefficient (Wildman–Crippen LogP) is 5.03. The highest BCUT2D eigenvalue weighted by atomic mass is 32.2. The zero-order chi connectivity index (χ0) is 22.8. The fraction of sp³-hybridized carbons (Fsp3) is 0.120. The summed E-state index contributed by atoms with van der Waals surface area (Å²) < 4.78 is 27.5. The van der Waals surface area contributed by atoms with Crippen molar-refractivity contribution in [1.82, 2.24) is 9.97 Å². The molecule has 0 saturated carbocycles. The SMILES string of the molecule is C=C(/C=C\C=C(/C)CS(=O)[O-])Nc1cc(-c2ccccc2OCc2ccccc2)ncn1. The first kappa shape index (κ1) is 23.1. The average Bonchev–Trinajstić information content (AvgIpc) is 2.78. The number of anilines is 1. The molecule has 0 aliphatic carbocycles. The molecule has 0 saturated heterocycles. The van der Waals surface area contributed by atoms with E-state index < -0.39 is 11.1 Å². The molecule has 0 aliphatic rings. The highest BCUT2D eigenvalue weighted by Crippen LogP contribution is 2.30. The molecule has 1 unspecified atom stereocenters. The molecule has 0 aliphatic heterocycles. The number of para-hydroxylation sites is 1. The first-order valence-corrected chi connectivity index (χ1v) is 11.2. The Labute approximate surface area is 190 Å². The standard InChI is InChI=1S/C25H25N3O3S/c1-19(17-32(29)30)9-8-10-20(2)28-25-15-23(26-18-27-25)22-13-6-7-14-24(22)31-16-21-11-4-3-5-12-21/h3-15,18H,2,16-17H2,1H3,(H,29,30)(H,26,27,28)/p-1/b10-8-,19-9+. The third kappa shape index (κ3) is 7.30. The zero-order valence-electron chi connectivity index (χ0n) is 17.7. The molecule has 0 bridgehead atoms. The van der Waals surface area contributed by atoms with Gasteiger partial charge in [0, 0.05) is 23.1 Å². The minimum Gasteiger partial charge on any atom is -0.772 e. The lowest BCUT2D eigenvalue weighted by Gasteiger charge is -2.12. The van der Waals surface area contributed by atoms with Crippen molar-refractivity contribution >= 4 is 16.9 Å². The minimum absolute atomic E-state index is 0.00523. The molecule has 32 heavy (non-hydrogen) atoms. The molecule has 1 N–H and O–H groups in total. The van der Waals surface area contributed by atoms with Crippen LogP contribution in [0.3, 0.4) is 0 Å². The lowest BCUT2D eigenvalue weighted by atomic mass is 10.1. The van der Waals surface area contributed by atoms with E-state index in [4.69, 9.17) is 4.74 Å². The predicted molar refractivity (Wildman–Crippen MR) is 128 cm³/mol. The van der Waals surface area contributed by atoms with E-state index in [1.54, 1.807) is 25.2 Å². The fourth-order valence-electron chi connectivity index (χ4n) is 2.88. The smallest absolute Gasteiger partial charge is 0.134 e. The maximum absolute atomic E-state index is 10.7. The summed E-state index contributed by atoms with van der Waals surface area (Å²) in [5.41, 5.74) is 4.01. The van der Waals surface area contributed by atoms with Gasteiger partial charge in [0.25, 0.3) is 0 Å². The molecule has 1 heterocycles. The third-order valence-electron chi connectivity index (χ3n) is 4.38. The van der Waals surface area contributed by atoms with Crippen molar-refractivity contribution < 1.29 is 13.5 Å². The largest absolute Gasteiger partial charge is 0.772 e. The summed E-state index contributed by atoms with van der Waals surface area (Å²) in [6, 6.07) is 19.5. The van der Waals surface area contributed by atoms with E-state index in [1.165, 1.54) is 6.33 Å². The van der Waals surface area contributed by atoms with E-state index in [-0.39, 0.29) is 5.75 Å². The van der Waals surface area contributed by atoms with Crippen LogP contribution in [0.5, 0.6) is 5.75 Å². The van der Waals surface area contributed by atoms with Gasteiger partial charge >= 0.3 is 0 Å². The van der Waals surface area contributed by atoms with E-state index in [9.17, 15) is 8.76 Å². The molecule has 3 rings (SSSR count). The van der Waals surface area contributed by atoms with Crippen molar-refractivity contribution in [3.63, 3.8) is 0 Å². The molecule has 0 spiro atoms. The number of hydrogen-bond acceptors (Lipinski definition) is 6. The van der Waals surface area contributed by atoms with Gasteiger partial charge in [-0.1, -0.05) is 77.8 Å². The fourth-order valence-corrected chi connectivity index (χ4v) is 3.35. The lowest BCUT2D eigenvalue weighted by molar-refractivity contribution is 0.307. The quantitative estimate of drug-likeness (QED) is 0.347. The van der Waals surface area contributed by atoms with Gasteiger partial charge in [0.2, 0.25) is 0 Å². The summed E-state index contributed by atoms with van der Waals surface area (Å²) in [5, 5.41) is 3.12. The second kappa shape index (κ2) is 11.7. The van der Waals surface area contributed by atoms with Crippen LogP contribution in [0.4, 0.5) is 5.82 Å². The monoisotopic (exact) mass is 446 g/mol. The number of nitrogens with zero attached hydrogens (tertiary/aromatic N) is 2. The van der Waals surface area contributed by atoms with Crippen LogP contribution in [-0.2, 0) is 17.7 Å². The number of allylic oxidation sites excluding steroid dienone is 3. The Morgan fingerprint density at radius 2 is 1.91 bits per heavy atom. The van der Waals surface area contributed by atoms with Crippen LogP contribution in [0.25, 0.3) is 11.3 Å². The van der Waals surface area contributed by atoms with Gasteiger partial charge in [-0.2, -0.15) is 0 Å². The maximum Gasteiger partial charge on any atom is 0.134 e. The molecular weight excluding hydrogens is 422 g/mol. The van der Waals surface area contributed by atoms with Crippen LogP contribution in [0.15, 0.2) is 103 Å². The molecule has 164 valence electrons. The normalized spacial score (nSPS) is 12.5. The van der Waals surface area contributed by atoms with Crippen molar-refractivity contribution in [3.8, 4) is 17.0 Å². The van der Waals surface area contributed by atoms with Gasteiger partial charge in [-0.05, 0) is 30.7 Å². The maximum atomic E-state index is 10.7. The van der Waals surface area contributed by atoms with E-state index in [1.807, 2.05) is 60.7 Å². The van der Waals surface area contributed by atoms with Gasteiger partial charge in [0.05, 0.1) is 5.69 Å². The van der Waals surface area contributed by atoms with E-state index >= 15 is 0 Å². The molecular formula is C25H24N3O3S-. The summed E-state index contributed by atoms with van der Waals surface area (Å²) in [6.45, 7) is 6.17. The Morgan fingerprint density at radius 3 is 2.69 bits per heavy atom. The first-order valence-electron chi connectivity index (χ1n) is 9.95. The van der Waals surface area contributed by atoms with Crippen LogP contribution in [-0.4, -0.2) is 24.5 Å². The average molecular weight is 447 g/mol. The molecule has 0 fully saturated rings. The van der Waals surface area contributed by atoms with Crippen LogP contribution >= 0.6 is 0 Å².